The Morgan fingerprint density at radius 1 is 0.870 bits per heavy atom. The summed E-state index contributed by atoms with van der Waals surface area (Å²) in [4.78, 5) is 14.2. The van der Waals surface area contributed by atoms with E-state index in [4.69, 9.17) is 9.47 Å². The van der Waals surface area contributed by atoms with Crippen LogP contribution >= 0.6 is 11.3 Å². The Bertz CT molecular complexity index is 799. The van der Waals surface area contributed by atoms with Crippen molar-refractivity contribution in [3.63, 3.8) is 0 Å². The quantitative estimate of drug-likeness (QED) is 0.640. The van der Waals surface area contributed by atoms with Gasteiger partial charge in [-0.1, -0.05) is 30.3 Å². The van der Waals surface area contributed by atoms with Crippen LogP contribution in [0.4, 0.5) is 0 Å². The van der Waals surface area contributed by atoms with Crippen LogP contribution in [-0.4, -0.2) is 20.0 Å². The van der Waals surface area contributed by atoms with Gasteiger partial charge in [0.05, 0.1) is 19.1 Å². The Kier molecular flexibility index (Phi) is 4.44. The molecule has 3 nitrogen and oxygen atoms in total. The van der Waals surface area contributed by atoms with Crippen molar-refractivity contribution >= 4 is 17.1 Å². The second-order valence-electron chi connectivity index (χ2n) is 4.96. The molecule has 3 rings (SSSR count). The molecule has 4 heteroatoms. The summed E-state index contributed by atoms with van der Waals surface area (Å²) in [6.07, 6.45) is 0. The Balaban J connectivity index is 1.95. The molecule has 0 atom stereocenters. The van der Waals surface area contributed by atoms with Crippen molar-refractivity contribution in [1.29, 1.82) is 0 Å². The highest BCUT2D eigenvalue weighted by Crippen LogP contribution is 2.34. The number of carbonyl (C=O) groups is 1. The van der Waals surface area contributed by atoms with Gasteiger partial charge in [0.2, 0.25) is 5.78 Å². The molecule has 2 aromatic carbocycles. The van der Waals surface area contributed by atoms with Gasteiger partial charge in [0.1, 0.15) is 11.5 Å². The number of thiophene rings is 1. The molecule has 0 aliphatic rings. The summed E-state index contributed by atoms with van der Waals surface area (Å²) in [6, 6.07) is 18.8. The number of benzene rings is 2. The maximum atomic E-state index is 12.5. The van der Waals surface area contributed by atoms with E-state index in [-0.39, 0.29) is 5.78 Å². The fourth-order valence-corrected chi connectivity index (χ4v) is 3.25. The molecule has 0 amide bonds. The third-order valence-electron chi connectivity index (χ3n) is 3.50. The van der Waals surface area contributed by atoms with Crippen LogP contribution in [0.3, 0.4) is 0 Å². The number of carbonyl (C=O) groups excluding carboxylic acids is 1. The maximum Gasteiger partial charge on any atom is 0.202 e. The minimum Gasteiger partial charge on any atom is -0.497 e. The third kappa shape index (κ3) is 3.27. The zero-order chi connectivity index (χ0) is 16.2. The molecule has 0 radical (unpaired) electrons. The summed E-state index contributed by atoms with van der Waals surface area (Å²) in [5.41, 5.74) is 1.67. The summed E-state index contributed by atoms with van der Waals surface area (Å²) < 4.78 is 10.6. The maximum absolute atomic E-state index is 12.5. The van der Waals surface area contributed by atoms with Crippen molar-refractivity contribution in [2.24, 2.45) is 0 Å². The minimum absolute atomic E-state index is 0.0386. The van der Waals surface area contributed by atoms with E-state index in [1.165, 1.54) is 11.3 Å². The van der Waals surface area contributed by atoms with Crippen LogP contribution in [0.1, 0.15) is 15.2 Å². The fraction of sp³-hybridized carbons (Fsp3) is 0.105. The first-order valence-electron chi connectivity index (χ1n) is 7.14. The van der Waals surface area contributed by atoms with Crippen LogP contribution in [0.5, 0.6) is 11.5 Å². The van der Waals surface area contributed by atoms with Crippen LogP contribution in [0.25, 0.3) is 10.4 Å². The van der Waals surface area contributed by atoms with Crippen molar-refractivity contribution < 1.29 is 14.3 Å². The monoisotopic (exact) mass is 324 g/mol. The highest BCUT2D eigenvalue weighted by Gasteiger charge is 2.13. The summed E-state index contributed by atoms with van der Waals surface area (Å²) in [6.45, 7) is 0. The smallest absolute Gasteiger partial charge is 0.202 e. The van der Waals surface area contributed by atoms with Gasteiger partial charge in [-0.2, -0.15) is 0 Å². The average Bonchev–Trinajstić information content (AvgIpc) is 3.11. The topological polar surface area (TPSA) is 35.5 Å². The molecule has 0 N–H and O–H groups in total. The molecular formula is C19H16O3S. The Labute approximate surface area is 139 Å². The van der Waals surface area contributed by atoms with Crippen LogP contribution in [0, 0.1) is 0 Å². The van der Waals surface area contributed by atoms with Gasteiger partial charge in [-0.25, -0.2) is 0 Å². The molecule has 0 saturated carbocycles. The van der Waals surface area contributed by atoms with Crippen molar-refractivity contribution in [3.05, 3.63) is 71.1 Å². The van der Waals surface area contributed by atoms with Gasteiger partial charge < -0.3 is 9.47 Å². The Morgan fingerprint density at radius 3 is 2.13 bits per heavy atom. The predicted octanol–water partition coefficient (Wildman–Crippen LogP) is 4.66. The molecule has 23 heavy (non-hydrogen) atoms. The standard InChI is InChI=1S/C19H16O3S/c1-21-15-10-14(11-16(12-15)22-2)17-8-9-18(23-17)19(20)13-6-4-3-5-7-13/h3-12H,1-2H3. The molecule has 0 fully saturated rings. The summed E-state index contributed by atoms with van der Waals surface area (Å²) in [5.74, 6) is 1.49. The molecule has 0 unspecified atom stereocenters. The fourth-order valence-electron chi connectivity index (χ4n) is 2.30. The summed E-state index contributed by atoms with van der Waals surface area (Å²) >= 11 is 1.47. The van der Waals surface area contributed by atoms with Crippen LogP contribution in [0.15, 0.2) is 60.7 Å². The lowest BCUT2D eigenvalue weighted by Gasteiger charge is -2.07. The molecule has 0 spiro atoms. The molecule has 0 aliphatic heterocycles. The van der Waals surface area contributed by atoms with E-state index in [1.807, 2.05) is 60.7 Å². The molecule has 1 aromatic heterocycles. The van der Waals surface area contributed by atoms with Crippen molar-refractivity contribution in [1.82, 2.24) is 0 Å². The summed E-state index contributed by atoms with van der Waals surface area (Å²) in [7, 11) is 3.24. The van der Waals surface area contributed by atoms with Crippen molar-refractivity contribution in [3.8, 4) is 21.9 Å². The van der Waals surface area contributed by atoms with Gasteiger partial charge in [-0.05, 0) is 29.8 Å². The second-order valence-corrected chi connectivity index (χ2v) is 6.04. The Hall–Kier alpha value is -2.59. The van der Waals surface area contributed by atoms with Crippen LogP contribution in [-0.2, 0) is 0 Å². The van der Waals surface area contributed by atoms with Gasteiger partial charge in [0.25, 0.3) is 0 Å². The highest BCUT2D eigenvalue weighted by atomic mass is 32.1. The zero-order valence-electron chi connectivity index (χ0n) is 12.9. The molecule has 0 aliphatic carbocycles. The molecule has 116 valence electrons. The Morgan fingerprint density at radius 2 is 1.52 bits per heavy atom. The normalized spacial score (nSPS) is 10.3. The van der Waals surface area contributed by atoms with Crippen molar-refractivity contribution in [2.75, 3.05) is 14.2 Å². The van der Waals surface area contributed by atoms with E-state index >= 15 is 0 Å². The number of hydrogen-bond acceptors (Lipinski definition) is 4. The van der Waals surface area contributed by atoms with Gasteiger partial charge in [0, 0.05) is 16.5 Å². The van der Waals surface area contributed by atoms with E-state index < -0.39 is 0 Å². The van der Waals surface area contributed by atoms with E-state index in [2.05, 4.69) is 0 Å². The number of hydrogen-bond donors (Lipinski definition) is 0. The van der Waals surface area contributed by atoms with Gasteiger partial charge in [-0.3, -0.25) is 4.79 Å². The lowest BCUT2D eigenvalue weighted by molar-refractivity contribution is 0.104. The van der Waals surface area contributed by atoms with E-state index in [0.29, 0.717) is 10.4 Å². The van der Waals surface area contributed by atoms with Gasteiger partial charge in [0.15, 0.2) is 0 Å². The largest absolute Gasteiger partial charge is 0.497 e. The van der Waals surface area contributed by atoms with E-state index in [9.17, 15) is 4.79 Å². The minimum atomic E-state index is 0.0386. The lowest BCUT2D eigenvalue weighted by Crippen LogP contribution is -1.97. The molecule has 0 bridgehead atoms. The third-order valence-corrected chi connectivity index (χ3v) is 4.63. The number of rotatable bonds is 5. The summed E-state index contributed by atoms with van der Waals surface area (Å²) in [5, 5.41) is 0. The van der Waals surface area contributed by atoms with Gasteiger partial charge >= 0.3 is 0 Å². The molecule has 3 aromatic rings. The highest BCUT2D eigenvalue weighted by molar-refractivity contribution is 7.17. The first-order valence-corrected chi connectivity index (χ1v) is 7.96. The number of ether oxygens (including phenoxy) is 2. The predicted molar refractivity (Wildman–Crippen MR) is 92.7 cm³/mol. The molecule has 1 heterocycles. The van der Waals surface area contributed by atoms with Crippen LogP contribution in [0.2, 0.25) is 0 Å². The number of methoxy groups -OCH3 is 2. The first-order chi connectivity index (χ1) is 11.2. The average molecular weight is 324 g/mol. The van der Waals surface area contributed by atoms with Crippen LogP contribution < -0.4 is 9.47 Å². The van der Waals surface area contributed by atoms with E-state index in [0.717, 1.165) is 21.9 Å². The van der Waals surface area contributed by atoms with E-state index in [1.54, 1.807) is 14.2 Å². The molecular weight excluding hydrogens is 308 g/mol. The second kappa shape index (κ2) is 6.67. The lowest BCUT2D eigenvalue weighted by atomic mass is 10.1. The number of ketones is 1. The zero-order valence-corrected chi connectivity index (χ0v) is 13.7. The van der Waals surface area contributed by atoms with Crippen molar-refractivity contribution in [2.45, 2.75) is 0 Å². The first kappa shape index (κ1) is 15.3. The SMILES string of the molecule is COc1cc(OC)cc(-c2ccc(C(=O)c3ccccc3)s2)c1. The molecule has 0 saturated heterocycles. The van der Waals surface area contributed by atoms with Gasteiger partial charge in [-0.15, -0.1) is 11.3 Å².